The summed E-state index contributed by atoms with van der Waals surface area (Å²) in [6, 6.07) is 3.61. The maximum absolute atomic E-state index is 12.5. The van der Waals surface area contributed by atoms with Crippen LogP contribution in [-0.2, 0) is 35.0 Å². The van der Waals surface area contributed by atoms with Gasteiger partial charge in [-0.25, -0.2) is 4.79 Å². The van der Waals surface area contributed by atoms with Gasteiger partial charge in [0.25, 0.3) is 0 Å². The van der Waals surface area contributed by atoms with Crippen LogP contribution in [0.2, 0.25) is 0 Å². The Morgan fingerprint density at radius 3 is 1.90 bits per heavy atom. The average molecular weight is 566 g/mol. The molecule has 1 aromatic carbocycles. The summed E-state index contributed by atoms with van der Waals surface area (Å²) in [6.45, 7) is 17.1. The van der Waals surface area contributed by atoms with Gasteiger partial charge in [-0.2, -0.15) is 0 Å². The van der Waals surface area contributed by atoms with Crippen LogP contribution in [0, 0.1) is 16.7 Å². The molecule has 1 rings (SSSR count). The molecule has 10 heteroatoms. The first-order valence-corrected chi connectivity index (χ1v) is 13.6. The van der Waals surface area contributed by atoms with Crippen molar-refractivity contribution in [2.75, 3.05) is 13.2 Å². The van der Waals surface area contributed by atoms with Crippen LogP contribution < -0.4 is 15.2 Å². The number of nitrogens with two attached hydrogens (primary N) is 1. The Kier molecular flexibility index (Phi) is 13.6. The SMILES string of the molecule is CC(C)CCOC(=O)OC[C@H](C)OC(=O)[C@@H](N)Cc1ccc(OC(=O)CC(C)(C)C)c(OC(=O)CC(C)(C)C)c1. The second-order valence-electron chi connectivity index (χ2n) is 12.9. The van der Waals surface area contributed by atoms with Crippen molar-refractivity contribution in [2.45, 2.75) is 100 Å². The highest BCUT2D eigenvalue weighted by Gasteiger charge is 2.24. The number of ether oxygens (including phenoxy) is 5. The van der Waals surface area contributed by atoms with E-state index in [0.717, 1.165) is 0 Å². The van der Waals surface area contributed by atoms with E-state index >= 15 is 0 Å². The van der Waals surface area contributed by atoms with E-state index in [1.165, 1.54) is 12.1 Å². The van der Waals surface area contributed by atoms with Crippen LogP contribution in [0.25, 0.3) is 0 Å². The molecule has 40 heavy (non-hydrogen) atoms. The molecule has 226 valence electrons. The molecule has 10 nitrogen and oxygen atoms in total. The van der Waals surface area contributed by atoms with Crippen molar-refractivity contribution < 1.29 is 42.9 Å². The van der Waals surface area contributed by atoms with Gasteiger partial charge in [-0.15, -0.1) is 0 Å². The van der Waals surface area contributed by atoms with Gasteiger partial charge in [0.15, 0.2) is 11.5 Å². The maximum atomic E-state index is 12.5. The topological polar surface area (TPSA) is 140 Å². The van der Waals surface area contributed by atoms with E-state index < -0.39 is 36.2 Å². The van der Waals surface area contributed by atoms with Crippen LogP contribution in [0.5, 0.6) is 11.5 Å². The molecule has 0 saturated heterocycles. The Balaban J connectivity index is 2.85. The normalized spacial score (nSPS) is 13.3. The molecule has 0 fully saturated rings. The fourth-order valence-electron chi connectivity index (χ4n) is 3.29. The maximum Gasteiger partial charge on any atom is 0.508 e. The van der Waals surface area contributed by atoms with Gasteiger partial charge in [-0.1, -0.05) is 61.5 Å². The van der Waals surface area contributed by atoms with Crippen molar-refractivity contribution in [3.05, 3.63) is 23.8 Å². The van der Waals surface area contributed by atoms with Crippen molar-refractivity contribution in [3.63, 3.8) is 0 Å². The number of benzene rings is 1. The summed E-state index contributed by atoms with van der Waals surface area (Å²) in [4.78, 5) is 49.2. The molecule has 0 aromatic heterocycles. The smallest absolute Gasteiger partial charge is 0.458 e. The molecule has 0 aliphatic rings. The highest BCUT2D eigenvalue weighted by atomic mass is 16.7. The van der Waals surface area contributed by atoms with Gasteiger partial charge >= 0.3 is 24.1 Å². The number of hydrogen-bond donors (Lipinski definition) is 1. The average Bonchev–Trinajstić information content (AvgIpc) is 2.76. The summed E-state index contributed by atoms with van der Waals surface area (Å²) >= 11 is 0. The molecular weight excluding hydrogens is 518 g/mol. The molecule has 0 unspecified atom stereocenters. The molecule has 0 spiro atoms. The molecule has 0 heterocycles. The van der Waals surface area contributed by atoms with Gasteiger partial charge < -0.3 is 29.4 Å². The number of rotatable bonds is 13. The van der Waals surface area contributed by atoms with Gasteiger partial charge in [-0.05, 0) is 54.2 Å². The van der Waals surface area contributed by atoms with Crippen LogP contribution in [0.1, 0.15) is 87.1 Å². The highest BCUT2D eigenvalue weighted by molar-refractivity contribution is 5.78. The summed E-state index contributed by atoms with van der Waals surface area (Å²) in [5.74, 6) is -1.10. The standard InChI is InChI=1S/C30H47NO9/c1-19(2)12-13-36-28(35)37-18-20(3)38-27(34)22(31)14-21-10-11-23(39-25(32)16-29(4,5)6)24(15-21)40-26(33)17-30(7,8)9/h10-11,15,19-20,22H,12-14,16-18,31H2,1-9H3/t20-,22-/m0/s1. The molecule has 1 aromatic rings. The predicted molar refractivity (Wildman–Crippen MR) is 150 cm³/mol. The Labute approximate surface area is 238 Å². The lowest BCUT2D eigenvalue weighted by Crippen LogP contribution is -2.37. The summed E-state index contributed by atoms with van der Waals surface area (Å²) in [5.41, 5.74) is 6.04. The second-order valence-corrected chi connectivity index (χ2v) is 12.9. The minimum Gasteiger partial charge on any atom is -0.458 e. The van der Waals surface area contributed by atoms with Crippen molar-refractivity contribution in [2.24, 2.45) is 22.5 Å². The largest absolute Gasteiger partial charge is 0.508 e. The summed E-state index contributed by atoms with van der Waals surface area (Å²) in [6.07, 6.45) is -0.489. The number of carbonyl (C=O) groups excluding carboxylic acids is 4. The summed E-state index contributed by atoms with van der Waals surface area (Å²) < 4.78 is 26.3. The Morgan fingerprint density at radius 2 is 1.38 bits per heavy atom. The van der Waals surface area contributed by atoms with Crippen LogP contribution in [0.15, 0.2) is 18.2 Å². The van der Waals surface area contributed by atoms with Gasteiger partial charge in [0.05, 0.1) is 19.4 Å². The fourth-order valence-corrected chi connectivity index (χ4v) is 3.29. The Bertz CT molecular complexity index is 1010. The van der Waals surface area contributed by atoms with E-state index in [4.69, 9.17) is 29.4 Å². The lowest BCUT2D eigenvalue weighted by Gasteiger charge is -2.20. The minimum atomic E-state index is -1.05. The fraction of sp³-hybridized carbons (Fsp3) is 0.667. The van der Waals surface area contributed by atoms with Crippen molar-refractivity contribution >= 4 is 24.1 Å². The van der Waals surface area contributed by atoms with Gasteiger partial charge in [0.2, 0.25) is 0 Å². The molecule has 0 bridgehead atoms. The van der Waals surface area contributed by atoms with Gasteiger partial charge in [-0.3, -0.25) is 14.4 Å². The van der Waals surface area contributed by atoms with E-state index in [-0.39, 0.29) is 54.8 Å². The lowest BCUT2D eigenvalue weighted by atomic mass is 9.92. The first kappa shape index (κ1) is 34.9. The third-order valence-corrected chi connectivity index (χ3v) is 5.23. The number of hydrogen-bond acceptors (Lipinski definition) is 10. The van der Waals surface area contributed by atoms with Gasteiger partial charge in [0, 0.05) is 0 Å². The molecule has 0 aliphatic heterocycles. The monoisotopic (exact) mass is 565 g/mol. The molecule has 0 radical (unpaired) electrons. The third-order valence-electron chi connectivity index (χ3n) is 5.23. The molecular formula is C30H47NO9. The van der Waals surface area contributed by atoms with Crippen molar-refractivity contribution in [3.8, 4) is 11.5 Å². The Morgan fingerprint density at radius 1 is 0.825 bits per heavy atom. The van der Waals surface area contributed by atoms with E-state index in [1.54, 1.807) is 13.0 Å². The number of esters is 3. The molecule has 2 atom stereocenters. The van der Waals surface area contributed by atoms with Crippen LogP contribution >= 0.6 is 0 Å². The van der Waals surface area contributed by atoms with Crippen LogP contribution in [0.3, 0.4) is 0 Å². The first-order valence-electron chi connectivity index (χ1n) is 13.6. The van der Waals surface area contributed by atoms with Crippen LogP contribution in [0.4, 0.5) is 4.79 Å². The third kappa shape index (κ3) is 15.5. The number of carbonyl (C=O) groups is 4. The molecule has 0 aliphatic carbocycles. The zero-order valence-corrected chi connectivity index (χ0v) is 25.5. The lowest BCUT2D eigenvalue weighted by molar-refractivity contribution is -0.152. The molecule has 0 saturated carbocycles. The predicted octanol–water partition coefficient (Wildman–Crippen LogP) is 5.37. The zero-order valence-electron chi connectivity index (χ0n) is 25.5. The minimum absolute atomic E-state index is 0.0592. The quantitative estimate of drug-likeness (QED) is 0.245. The summed E-state index contributed by atoms with van der Waals surface area (Å²) in [7, 11) is 0. The summed E-state index contributed by atoms with van der Waals surface area (Å²) in [5, 5.41) is 0. The molecule has 0 amide bonds. The molecule has 2 N–H and O–H groups in total. The van der Waals surface area contributed by atoms with Crippen LogP contribution in [-0.4, -0.2) is 49.4 Å². The first-order chi connectivity index (χ1) is 18.3. The van der Waals surface area contributed by atoms with Crippen molar-refractivity contribution in [1.82, 2.24) is 0 Å². The van der Waals surface area contributed by atoms with E-state index in [0.29, 0.717) is 17.9 Å². The van der Waals surface area contributed by atoms with Gasteiger partial charge in [0.1, 0.15) is 18.8 Å². The second kappa shape index (κ2) is 15.6. The van der Waals surface area contributed by atoms with E-state index in [2.05, 4.69) is 0 Å². The van der Waals surface area contributed by atoms with Crippen molar-refractivity contribution in [1.29, 1.82) is 0 Å². The zero-order chi connectivity index (χ0) is 30.7. The highest BCUT2D eigenvalue weighted by Crippen LogP contribution is 2.32. The van der Waals surface area contributed by atoms with E-state index in [1.807, 2.05) is 55.4 Å². The van der Waals surface area contributed by atoms with E-state index in [9.17, 15) is 19.2 Å². The Hall–Kier alpha value is -3.14.